The first-order chi connectivity index (χ1) is 13.8. The van der Waals surface area contributed by atoms with Crippen LogP contribution in [-0.2, 0) is 0 Å². The molecule has 1 nitrogen and oxygen atoms in total. The number of rotatable bonds is 2. The lowest BCUT2D eigenvalue weighted by atomic mass is 9.69. The maximum atomic E-state index is 4.14. The Labute approximate surface area is 183 Å². The van der Waals surface area contributed by atoms with Gasteiger partial charge in [0.25, 0.3) is 0 Å². The Bertz CT molecular complexity index is 483. The summed E-state index contributed by atoms with van der Waals surface area (Å²) >= 11 is 0. The highest BCUT2D eigenvalue weighted by atomic mass is 14.9. The number of hydrogen-bond acceptors (Lipinski definition) is 1. The minimum Gasteiger partial charge on any atom is -0.314 e. The van der Waals surface area contributed by atoms with E-state index in [0.717, 1.165) is 29.7 Å². The van der Waals surface area contributed by atoms with Gasteiger partial charge in [-0.3, -0.25) is 0 Å². The molecule has 170 valence electrons. The zero-order chi connectivity index (χ0) is 20.9. The zero-order valence-corrected chi connectivity index (χ0v) is 20.7. The SMILES string of the molecule is CC1CCCCCC(C2(C)CC2C)C(C2CCCC(C)(C)CCCCN2)CCC1. The summed E-state index contributed by atoms with van der Waals surface area (Å²) in [6, 6.07) is 0.773. The molecular weight excluding hydrogens is 350 g/mol. The van der Waals surface area contributed by atoms with E-state index in [9.17, 15) is 0 Å². The molecule has 6 atom stereocenters. The van der Waals surface area contributed by atoms with Gasteiger partial charge in [-0.25, -0.2) is 0 Å². The molecule has 29 heavy (non-hydrogen) atoms. The van der Waals surface area contributed by atoms with Crippen LogP contribution in [0.1, 0.15) is 131 Å². The van der Waals surface area contributed by atoms with E-state index in [1.165, 1.54) is 103 Å². The molecular formula is C28H53N. The van der Waals surface area contributed by atoms with Gasteiger partial charge in [-0.15, -0.1) is 0 Å². The number of hydrogen-bond donors (Lipinski definition) is 1. The summed E-state index contributed by atoms with van der Waals surface area (Å²) in [5.74, 6) is 3.77. The molecule has 0 amide bonds. The molecule has 0 bridgehead atoms. The van der Waals surface area contributed by atoms with Gasteiger partial charge in [0.2, 0.25) is 0 Å². The maximum Gasteiger partial charge on any atom is 0.00981 e. The maximum absolute atomic E-state index is 4.14. The minimum absolute atomic E-state index is 0.557. The van der Waals surface area contributed by atoms with E-state index >= 15 is 0 Å². The average Bonchev–Trinajstić information content (AvgIpc) is 3.28. The van der Waals surface area contributed by atoms with Crippen molar-refractivity contribution in [1.82, 2.24) is 5.32 Å². The van der Waals surface area contributed by atoms with E-state index in [0.29, 0.717) is 10.8 Å². The normalized spacial score (nSPS) is 43.1. The molecule has 1 N–H and O–H groups in total. The molecule has 2 saturated carbocycles. The van der Waals surface area contributed by atoms with Crippen molar-refractivity contribution in [2.45, 2.75) is 137 Å². The fourth-order valence-corrected chi connectivity index (χ4v) is 7.12. The Morgan fingerprint density at radius 2 is 1.38 bits per heavy atom. The smallest absolute Gasteiger partial charge is 0.00981 e. The minimum atomic E-state index is 0.557. The summed E-state index contributed by atoms with van der Waals surface area (Å²) in [5, 5.41) is 4.14. The van der Waals surface area contributed by atoms with Crippen LogP contribution in [0, 0.1) is 34.5 Å². The van der Waals surface area contributed by atoms with E-state index < -0.39 is 0 Å². The first kappa shape index (κ1) is 23.6. The molecule has 0 spiro atoms. The lowest BCUT2D eigenvalue weighted by Crippen LogP contribution is -2.43. The number of nitrogens with one attached hydrogen (secondary N) is 1. The van der Waals surface area contributed by atoms with Crippen molar-refractivity contribution in [3.63, 3.8) is 0 Å². The van der Waals surface area contributed by atoms with E-state index in [2.05, 4.69) is 39.9 Å². The summed E-state index contributed by atoms with van der Waals surface area (Å²) in [4.78, 5) is 0. The van der Waals surface area contributed by atoms with Crippen LogP contribution in [-0.4, -0.2) is 12.6 Å². The van der Waals surface area contributed by atoms with Crippen LogP contribution in [0.3, 0.4) is 0 Å². The van der Waals surface area contributed by atoms with Gasteiger partial charge in [0.1, 0.15) is 0 Å². The van der Waals surface area contributed by atoms with Crippen LogP contribution >= 0.6 is 0 Å². The Hall–Kier alpha value is -0.0400. The van der Waals surface area contributed by atoms with Crippen molar-refractivity contribution in [3.05, 3.63) is 0 Å². The molecule has 3 fully saturated rings. The van der Waals surface area contributed by atoms with Gasteiger partial charge >= 0.3 is 0 Å². The first-order valence-corrected chi connectivity index (χ1v) is 13.6. The van der Waals surface area contributed by atoms with Crippen LogP contribution in [0.4, 0.5) is 0 Å². The summed E-state index contributed by atoms with van der Waals surface area (Å²) in [7, 11) is 0. The Morgan fingerprint density at radius 1 is 0.690 bits per heavy atom. The van der Waals surface area contributed by atoms with Crippen molar-refractivity contribution >= 4 is 0 Å². The second-order valence-electron chi connectivity index (χ2n) is 12.6. The van der Waals surface area contributed by atoms with Crippen molar-refractivity contribution in [2.75, 3.05) is 6.54 Å². The quantitative estimate of drug-likeness (QED) is 0.488. The van der Waals surface area contributed by atoms with Crippen LogP contribution in [0.25, 0.3) is 0 Å². The molecule has 3 rings (SSSR count). The van der Waals surface area contributed by atoms with E-state index in [-0.39, 0.29) is 0 Å². The summed E-state index contributed by atoms with van der Waals surface area (Å²) < 4.78 is 0. The highest BCUT2D eigenvalue weighted by Gasteiger charge is 2.54. The summed E-state index contributed by atoms with van der Waals surface area (Å²) in [6.45, 7) is 14.0. The molecule has 0 aromatic heterocycles. The molecule has 1 aliphatic heterocycles. The molecule has 0 radical (unpaired) electrons. The van der Waals surface area contributed by atoms with Crippen molar-refractivity contribution in [3.8, 4) is 0 Å². The van der Waals surface area contributed by atoms with Gasteiger partial charge in [-0.05, 0) is 86.0 Å². The third-order valence-electron chi connectivity index (χ3n) is 9.59. The lowest BCUT2D eigenvalue weighted by Gasteiger charge is -2.40. The van der Waals surface area contributed by atoms with Crippen molar-refractivity contribution < 1.29 is 0 Å². The standard InChI is InChI=1S/C28H53N/c1-22-13-7-6-8-16-25(28(5)21-23(28)2)24(15-11-14-22)26-17-12-19-27(3,4)18-9-10-20-29-26/h22-26,29H,6-21H2,1-5H3. The van der Waals surface area contributed by atoms with Crippen LogP contribution in [0.2, 0.25) is 0 Å². The molecule has 0 aromatic carbocycles. The fraction of sp³-hybridized carbons (Fsp3) is 1.00. The lowest BCUT2D eigenvalue weighted by molar-refractivity contribution is 0.125. The largest absolute Gasteiger partial charge is 0.314 e. The fourth-order valence-electron chi connectivity index (χ4n) is 7.12. The van der Waals surface area contributed by atoms with Gasteiger partial charge in [0.15, 0.2) is 0 Å². The molecule has 1 heterocycles. The Kier molecular flexibility index (Phi) is 8.57. The zero-order valence-electron chi connectivity index (χ0n) is 20.7. The highest BCUT2D eigenvalue weighted by Crippen LogP contribution is 2.61. The van der Waals surface area contributed by atoms with Gasteiger partial charge in [-0.2, -0.15) is 0 Å². The van der Waals surface area contributed by atoms with Gasteiger partial charge < -0.3 is 5.32 Å². The Morgan fingerprint density at radius 3 is 2.14 bits per heavy atom. The molecule has 1 saturated heterocycles. The van der Waals surface area contributed by atoms with Gasteiger partial charge in [-0.1, -0.05) is 86.0 Å². The molecule has 0 aromatic rings. The van der Waals surface area contributed by atoms with E-state index in [1.54, 1.807) is 0 Å². The third-order valence-corrected chi connectivity index (χ3v) is 9.59. The monoisotopic (exact) mass is 403 g/mol. The average molecular weight is 404 g/mol. The summed E-state index contributed by atoms with van der Waals surface area (Å²) in [5.41, 5.74) is 1.20. The molecule has 3 aliphatic rings. The summed E-state index contributed by atoms with van der Waals surface area (Å²) in [6.07, 6.45) is 21.8. The van der Waals surface area contributed by atoms with Crippen molar-refractivity contribution in [1.29, 1.82) is 0 Å². The van der Waals surface area contributed by atoms with Gasteiger partial charge in [0, 0.05) is 6.04 Å². The second kappa shape index (κ2) is 10.5. The molecule has 6 unspecified atom stereocenters. The topological polar surface area (TPSA) is 12.0 Å². The second-order valence-corrected chi connectivity index (χ2v) is 12.6. The third kappa shape index (κ3) is 6.72. The van der Waals surface area contributed by atoms with Crippen molar-refractivity contribution in [2.24, 2.45) is 34.5 Å². The highest BCUT2D eigenvalue weighted by molar-refractivity contribution is 5.04. The van der Waals surface area contributed by atoms with E-state index in [1.807, 2.05) is 0 Å². The van der Waals surface area contributed by atoms with Crippen LogP contribution in [0.15, 0.2) is 0 Å². The predicted molar refractivity (Wildman–Crippen MR) is 128 cm³/mol. The predicted octanol–water partition coefficient (Wildman–Crippen LogP) is 8.37. The van der Waals surface area contributed by atoms with Gasteiger partial charge in [0.05, 0.1) is 0 Å². The van der Waals surface area contributed by atoms with Crippen LogP contribution in [0.5, 0.6) is 0 Å². The Balaban J connectivity index is 1.76. The molecule has 2 aliphatic carbocycles. The molecule has 1 heteroatoms. The van der Waals surface area contributed by atoms with E-state index in [4.69, 9.17) is 0 Å². The van der Waals surface area contributed by atoms with Crippen LogP contribution < -0.4 is 5.32 Å². The first-order valence-electron chi connectivity index (χ1n) is 13.6.